The number of aromatic amines is 1. The number of benzene rings is 1. The van der Waals surface area contributed by atoms with Crippen molar-refractivity contribution in [3.05, 3.63) is 48.0 Å². The third-order valence-electron chi connectivity index (χ3n) is 3.64. The number of nitrogens with one attached hydrogen (secondary N) is 2. The van der Waals surface area contributed by atoms with E-state index in [0.717, 1.165) is 23.9 Å². The molecule has 2 aromatic rings. The fourth-order valence-electron chi connectivity index (χ4n) is 2.40. The third-order valence-corrected chi connectivity index (χ3v) is 3.64. The van der Waals surface area contributed by atoms with Crippen LogP contribution in [0, 0.1) is 5.92 Å². The second kappa shape index (κ2) is 5.45. The Morgan fingerprint density at radius 1 is 1.37 bits per heavy atom. The van der Waals surface area contributed by atoms with E-state index in [1.807, 2.05) is 18.3 Å². The van der Waals surface area contributed by atoms with Crippen molar-refractivity contribution < 1.29 is 4.74 Å². The van der Waals surface area contributed by atoms with Gasteiger partial charge in [0.15, 0.2) is 0 Å². The fraction of sp³-hybridized carbons (Fsp3) is 0.400. The Morgan fingerprint density at radius 3 is 2.74 bits per heavy atom. The minimum atomic E-state index is 0.425. The SMILES string of the molecule is COc1ccc(C(NCc2cnc[nH]2)C2CC2)cc1. The smallest absolute Gasteiger partial charge is 0.118 e. The largest absolute Gasteiger partial charge is 0.497 e. The van der Waals surface area contributed by atoms with Crippen LogP contribution in [0.25, 0.3) is 0 Å². The third kappa shape index (κ3) is 2.96. The van der Waals surface area contributed by atoms with Gasteiger partial charge in [0.05, 0.1) is 13.4 Å². The summed E-state index contributed by atoms with van der Waals surface area (Å²) in [5.41, 5.74) is 2.46. The molecule has 1 atom stereocenters. The van der Waals surface area contributed by atoms with Crippen LogP contribution in [0.15, 0.2) is 36.8 Å². The van der Waals surface area contributed by atoms with Crippen molar-refractivity contribution in [2.45, 2.75) is 25.4 Å². The van der Waals surface area contributed by atoms with Crippen LogP contribution in [-0.4, -0.2) is 17.1 Å². The normalized spacial score (nSPS) is 16.3. The Labute approximate surface area is 113 Å². The minimum absolute atomic E-state index is 0.425. The van der Waals surface area contributed by atoms with Gasteiger partial charge in [0.25, 0.3) is 0 Å². The van der Waals surface area contributed by atoms with Crippen molar-refractivity contribution in [3.63, 3.8) is 0 Å². The van der Waals surface area contributed by atoms with Gasteiger partial charge in [0.2, 0.25) is 0 Å². The maximum atomic E-state index is 5.21. The molecule has 1 unspecified atom stereocenters. The van der Waals surface area contributed by atoms with Crippen LogP contribution in [0.1, 0.15) is 30.1 Å². The molecule has 1 aromatic heterocycles. The second-order valence-corrected chi connectivity index (χ2v) is 5.05. The van der Waals surface area contributed by atoms with E-state index in [-0.39, 0.29) is 0 Å². The zero-order valence-electron chi connectivity index (χ0n) is 11.1. The summed E-state index contributed by atoms with van der Waals surface area (Å²) in [5.74, 6) is 1.67. The van der Waals surface area contributed by atoms with Crippen molar-refractivity contribution in [3.8, 4) is 5.75 Å². The number of ether oxygens (including phenoxy) is 1. The van der Waals surface area contributed by atoms with E-state index >= 15 is 0 Å². The number of rotatable bonds is 6. The van der Waals surface area contributed by atoms with Crippen LogP contribution >= 0.6 is 0 Å². The maximum absolute atomic E-state index is 5.21. The first kappa shape index (κ1) is 12.2. The van der Waals surface area contributed by atoms with E-state index in [1.165, 1.54) is 18.4 Å². The Morgan fingerprint density at radius 2 is 2.16 bits per heavy atom. The number of aromatic nitrogens is 2. The minimum Gasteiger partial charge on any atom is -0.497 e. The molecule has 1 aromatic carbocycles. The van der Waals surface area contributed by atoms with Crippen LogP contribution in [0.5, 0.6) is 5.75 Å². The van der Waals surface area contributed by atoms with Crippen molar-refractivity contribution in [2.75, 3.05) is 7.11 Å². The van der Waals surface area contributed by atoms with Crippen molar-refractivity contribution >= 4 is 0 Å². The number of methoxy groups -OCH3 is 1. The molecular weight excluding hydrogens is 238 g/mol. The highest BCUT2D eigenvalue weighted by atomic mass is 16.5. The Hall–Kier alpha value is -1.81. The second-order valence-electron chi connectivity index (χ2n) is 5.05. The molecule has 0 radical (unpaired) electrons. The molecule has 4 heteroatoms. The van der Waals surface area contributed by atoms with Crippen LogP contribution in [0.3, 0.4) is 0 Å². The van der Waals surface area contributed by atoms with Crippen LogP contribution in [-0.2, 0) is 6.54 Å². The zero-order chi connectivity index (χ0) is 13.1. The molecule has 19 heavy (non-hydrogen) atoms. The molecule has 2 N–H and O–H groups in total. The van der Waals surface area contributed by atoms with Crippen molar-refractivity contribution in [2.24, 2.45) is 5.92 Å². The van der Waals surface area contributed by atoms with Gasteiger partial charge >= 0.3 is 0 Å². The lowest BCUT2D eigenvalue weighted by atomic mass is 10.0. The monoisotopic (exact) mass is 257 g/mol. The van der Waals surface area contributed by atoms with Crippen molar-refractivity contribution in [1.82, 2.24) is 15.3 Å². The van der Waals surface area contributed by atoms with Gasteiger partial charge in [-0.25, -0.2) is 4.98 Å². The molecule has 1 aliphatic rings. The lowest BCUT2D eigenvalue weighted by Gasteiger charge is -2.18. The topological polar surface area (TPSA) is 49.9 Å². The van der Waals surface area contributed by atoms with E-state index in [0.29, 0.717) is 6.04 Å². The molecule has 0 saturated heterocycles. The molecule has 100 valence electrons. The summed E-state index contributed by atoms with van der Waals surface area (Å²) >= 11 is 0. The Bertz CT molecular complexity index is 503. The standard InChI is InChI=1S/C15H19N3O/c1-19-14-6-4-12(5-7-14)15(11-2-3-11)17-9-13-8-16-10-18-13/h4-8,10-11,15,17H,2-3,9H2,1H3,(H,16,18). The maximum Gasteiger partial charge on any atom is 0.118 e. The van der Waals surface area contributed by atoms with E-state index in [9.17, 15) is 0 Å². The highest BCUT2D eigenvalue weighted by Gasteiger charge is 2.31. The van der Waals surface area contributed by atoms with E-state index < -0.39 is 0 Å². The highest BCUT2D eigenvalue weighted by molar-refractivity contribution is 5.30. The lowest BCUT2D eigenvalue weighted by molar-refractivity contribution is 0.413. The molecule has 0 amide bonds. The van der Waals surface area contributed by atoms with Crippen molar-refractivity contribution in [1.29, 1.82) is 0 Å². The molecule has 4 nitrogen and oxygen atoms in total. The van der Waals surface area contributed by atoms with Gasteiger partial charge in [0, 0.05) is 24.5 Å². The molecule has 3 rings (SSSR count). The average Bonchev–Trinajstić information content (AvgIpc) is 3.15. The summed E-state index contributed by atoms with van der Waals surface area (Å²) in [5, 5.41) is 3.63. The van der Waals surface area contributed by atoms with Gasteiger partial charge in [-0.05, 0) is 36.5 Å². The van der Waals surface area contributed by atoms with Gasteiger partial charge in [-0.3, -0.25) is 0 Å². The molecule has 1 heterocycles. The van der Waals surface area contributed by atoms with Gasteiger partial charge in [0.1, 0.15) is 5.75 Å². The molecular formula is C15H19N3O. The highest BCUT2D eigenvalue weighted by Crippen LogP contribution is 2.41. The first-order chi connectivity index (χ1) is 9.36. The van der Waals surface area contributed by atoms with Crippen LogP contribution in [0.2, 0.25) is 0 Å². The van der Waals surface area contributed by atoms with Gasteiger partial charge < -0.3 is 15.0 Å². The Balaban J connectivity index is 1.69. The van der Waals surface area contributed by atoms with E-state index in [1.54, 1.807) is 13.4 Å². The molecule has 1 saturated carbocycles. The fourth-order valence-corrected chi connectivity index (χ4v) is 2.40. The predicted molar refractivity (Wildman–Crippen MR) is 73.9 cm³/mol. The summed E-state index contributed by atoms with van der Waals surface area (Å²) in [6.45, 7) is 0.827. The van der Waals surface area contributed by atoms with Crippen LogP contribution in [0.4, 0.5) is 0 Å². The quantitative estimate of drug-likeness (QED) is 0.836. The van der Waals surface area contributed by atoms with Gasteiger partial charge in [-0.15, -0.1) is 0 Å². The Kier molecular flexibility index (Phi) is 3.51. The number of hydrogen-bond donors (Lipinski definition) is 2. The number of hydrogen-bond acceptors (Lipinski definition) is 3. The summed E-state index contributed by atoms with van der Waals surface area (Å²) in [4.78, 5) is 7.17. The number of imidazole rings is 1. The summed E-state index contributed by atoms with van der Waals surface area (Å²) in [7, 11) is 1.70. The molecule has 0 bridgehead atoms. The first-order valence-corrected chi connectivity index (χ1v) is 6.71. The average molecular weight is 257 g/mol. The summed E-state index contributed by atoms with van der Waals surface area (Å²) in [6.07, 6.45) is 6.21. The lowest BCUT2D eigenvalue weighted by Crippen LogP contribution is -2.22. The molecule has 1 fully saturated rings. The summed E-state index contributed by atoms with van der Waals surface area (Å²) in [6, 6.07) is 8.79. The molecule has 1 aliphatic carbocycles. The van der Waals surface area contributed by atoms with E-state index in [2.05, 4.69) is 27.4 Å². The van der Waals surface area contributed by atoms with Gasteiger partial charge in [-0.1, -0.05) is 12.1 Å². The van der Waals surface area contributed by atoms with E-state index in [4.69, 9.17) is 4.74 Å². The number of H-pyrrole nitrogens is 1. The van der Waals surface area contributed by atoms with Gasteiger partial charge in [-0.2, -0.15) is 0 Å². The summed E-state index contributed by atoms with van der Waals surface area (Å²) < 4.78 is 5.21. The predicted octanol–water partition coefficient (Wildman–Crippen LogP) is 2.66. The number of nitrogens with zero attached hydrogens (tertiary/aromatic N) is 1. The molecule has 0 aliphatic heterocycles. The molecule has 0 spiro atoms. The van der Waals surface area contributed by atoms with Crippen LogP contribution < -0.4 is 10.1 Å². The first-order valence-electron chi connectivity index (χ1n) is 6.71. The zero-order valence-corrected chi connectivity index (χ0v) is 11.1.